The predicted molar refractivity (Wildman–Crippen MR) is 145 cm³/mol. The molecule has 3 amide bonds. The van der Waals surface area contributed by atoms with Gasteiger partial charge >= 0.3 is 0 Å². The van der Waals surface area contributed by atoms with Crippen LogP contribution in [-0.4, -0.2) is 53.5 Å². The highest BCUT2D eigenvalue weighted by atomic mass is 32.2. The fourth-order valence-electron chi connectivity index (χ4n) is 3.75. The number of hydrogen-bond acceptors (Lipinski definition) is 6. The van der Waals surface area contributed by atoms with Crippen LogP contribution in [0.15, 0.2) is 66.7 Å². The van der Waals surface area contributed by atoms with Crippen molar-refractivity contribution < 1.29 is 19.5 Å². The zero-order valence-electron chi connectivity index (χ0n) is 20.2. The van der Waals surface area contributed by atoms with Crippen LogP contribution in [0.3, 0.4) is 0 Å². The van der Waals surface area contributed by atoms with Gasteiger partial charge in [-0.3, -0.25) is 14.4 Å². The lowest BCUT2D eigenvalue weighted by atomic mass is 10.0. The number of aromatic hydroxyl groups is 1. The van der Waals surface area contributed by atoms with Crippen molar-refractivity contribution in [1.29, 1.82) is 0 Å². The van der Waals surface area contributed by atoms with E-state index in [0.717, 1.165) is 16.3 Å². The van der Waals surface area contributed by atoms with Gasteiger partial charge in [0, 0.05) is 25.1 Å². The number of thioether (sulfide) groups is 1. The number of nitrogens with one attached hydrogen (secondary N) is 3. The van der Waals surface area contributed by atoms with Crippen LogP contribution in [0.25, 0.3) is 10.8 Å². The Morgan fingerprint density at radius 1 is 0.917 bits per heavy atom. The molecule has 0 spiro atoms. The number of hydrogen-bond donors (Lipinski definition) is 5. The molecule has 0 heterocycles. The summed E-state index contributed by atoms with van der Waals surface area (Å²) in [6.45, 7) is 0.157. The van der Waals surface area contributed by atoms with E-state index in [0.29, 0.717) is 17.9 Å². The Morgan fingerprint density at radius 2 is 1.64 bits per heavy atom. The lowest BCUT2D eigenvalue weighted by Crippen LogP contribution is -2.53. The molecule has 0 aliphatic carbocycles. The first kappa shape index (κ1) is 27.0. The highest BCUT2D eigenvalue weighted by Crippen LogP contribution is 2.19. The topological polar surface area (TPSA) is 134 Å². The number of rotatable bonds is 12. The molecule has 190 valence electrons. The van der Waals surface area contributed by atoms with Crippen molar-refractivity contribution in [2.24, 2.45) is 5.73 Å². The molecule has 9 heteroatoms. The van der Waals surface area contributed by atoms with Gasteiger partial charge in [0.2, 0.25) is 17.7 Å². The standard InChI is InChI=1S/C27H32N4O4S/c1-36-15-13-23(26(34)29-21-9-8-19-4-2-3-5-20(19)17-21)31-27(35)24(30-25(33)12-14-28)16-18-6-10-22(32)11-7-18/h2-11,17,23-24,32H,12-16,28H2,1H3,(H,29,34)(H,30,33)(H,31,35)/t23-,24-/m0/s1. The van der Waals surface area contributed by atoms with Gasteiger partial charge in [0.15, 0.2) is 0 Å². The monoisotopic (exact) mass is 508 g/mol. The van der Waals surface area contributed by atoms with Gasteiger partial charge in [-0.25, -0.2) is 0 Å². The number of fused-ring (bicyclic) bond motifs is 1. The van der Waals surface area contributed by atoms with Gasteiger partial charge < -0.3 is 26.8 Å². The van der Waals surface area contributed by atoms with E-state index in [2.05, 4.69) is 16.0 Å². The average Bonchev–Trinajstić information content (AvgIpc) is 2.87. The highest BCUT2D eigenvalue weighted by Gasteiger charge is 2.27. The molecule has 3 rings (SSSR count). The van der Waals surface area contributed by atoms with E-state index in [-0.39, 0.29) is 37.0 Å². The zero-order chi connectivity index (χ0) is 25.9. The lowest BCUT2D eigenvalue weighted by Gasteiger charge is -2.23. The van der Waals surface area contributed by atoms with E-state index in [4.69, 9.17) is 5.73 Å². The van der Waals surface area contributed by atoms with Crippen molar-refractivity contribution in [3.05, 3.63) is 72.3 Å². The van der Waals surface area contributed by atoms with E-state index in [1.807, 2.05) is 48.7 Å². The molecule has 0 radical (unpaired) electrons. The van der Waals surface area contributed by atoms with Crippen molar-refractivity contribution in [3.8, 4) is 5.75 Å². The van der Waals surface area contributed by atoms with Crippen molar-refractivity contribution in [1.82, 2.24) is 10.6 Å². The molecule has 0 bridgehead atoms. The molecule has 0 unspecified atom stereocenters. The zero-order valence-corrected chi connectivity index (χ0v) is 21.0. The van der Waals surface area contributed by atoms with Crippen LogP contribution in [-0.2, 0) is 20.8 Å². The molecule has 0 aliphatic heterocycles. The summed E-state index contributed by atoms with van der Waals surface area (Å²) in [5.74, 6) is -0.372. The summed E-state index contributed by atoms with van der Waals surface area (Å²) in [5.41, 5.74) is 6.88. The fraction of sp³-hybridized carbons (Fsp3) is 0.296. The Balaban J connectivity index is 1.75. The molecule has 3 aromatic carbocycles. The van der Waals surface area contributed by atoms with Crippen LogP contribution >= 0.6 is 11.8 Å². The quantitative estimate of drug-likeness (QED) is 0.255. The molecule has 0 saturated heterocycles. The molecule has 0 aromatic heterocycles. The van der Waals surface area contributed by atoms with Crippen LogP contribution in [0.5, 0.6) is 5.75 Å². The van der Waals surface area contributed by atoms with Crippen molar-refractivity contribution >= 4 is 45.9 Å². The number of benzene rings is 3. The molecule has 0 saturated carbocycles. The van der Waals surface area contributed by atoms with Crippen LogP contribution in [0.1, 0.15) is 18.4 Å². The summed E-state index contributed by atoms with van der Waals surface area (Å²) >= 11 is 1.57. The summed E-state index contributed by atoms with van der Waals surface area (Å²) in [6, 6.07) is 18.2. The summed E-state index contributed by atoms with van der Waals surface area (Å²) in [6.07, 6.45) is 2.64. The molecule has 36 heavy (non-hydrogen) atoms. The summed E-state index contributed by atoms with van der Waals surface area (Å²) in [5, 5.41) is 20.1. The number of phenolic OH excluding ortho intramolecular Hbond substituents is 1. The maximum atomic E-state index is 13.3. The Kier molecular flexibility index (Phi) is 10.1. The minimum absolute atomic E-state index is 0.0811. The third-order valence-electron chi connectivity index (χ3n) is 5.66. The van der Waals surface area contributed by atoms with Crippen LogP contribution < -0.4 is 21.7 Å². The van der Waals surface area contributed by atoms with Crippen LogP contribution in [0, 0.1) is 0 Å². The van der Waals surface area contributed by atoms with Gasteiger partial charge in [0.25, 0.3) is 0 Å². The van der Waals surface area contributed by atoms with Crippen molar-refractivity contribution in [2.45, 2.75) is 31.3 Å². The number of carbonyl (C=O) groups excluding carboxylic acids is 3. The normalized spacial score (nSPS) is 12.5. The second-order valence-electron chi connectivity index (χ2n) is 8.42. The average molecular weight is 509 g/mol. The fourth-order valence-corrected chi connectivity index (χ4v) is 4.22. The first-order chi connectivity index (χ1) is 17.4. The smallest absolute Gasteiger partial charge is 0.246 e. The number of nitrogens with two attached hydrogens (primary N) is 1. The van der Waals surface area contributed by atoms with E-state index in [1.54, 1.807) is 23.9 Å². The first-order valence-electron chi connectivity index (χ1n) is 11.8. The van der Waals surface area contributed by atoms with E-state index in [9.17, 15) is 19.5 Å². The molecule has 3 aromatic rings. The number of amides is 3. The van der Waals surface area contributed by atoms with E-state index >= 15 is 0 Å². The third kappa shape index (κ3) is 8.00. The van der Waals surface area contributed by atoms with Gasteiger partial charge in [0.1, 0.15) is 17.8 Å². The molecular weight excluding hydrogens is 476 g/mol. The van der Waals surface area contributed by atoms with Crippen LogP contribution in [0.2, 0.25) is 0 Å². The second-order valence-corrected chi connectivity index (χ2v) is 9.41. The maximum absolute atomic E-state index is 13.3. The summed E-state index contributed by atoms with van der Waals surface area (Å²) in [4.78, 5) is 38.7. The van der Waals surface area contributed by atoms with Gasteiger partial charge in [-0.1, -0.05) is 42.5 Å². The molecule has 0 aliphatic rings. The number of phenols is 1. The Labute approximate surface area is 215 Å². The minimum Gasteiger partial charge on any atom is -0.508 e. The van der Waals surface area contributed by atoms with Gasteiger partial charge in [-0.15, -0.1) is 0 Å². The third-order valence-corrected chi connectivity index (χ3v) is 6.30. The highest BCUT2D eigenvalue weighted by molar-refractivity contribution is 7.98. The van der Waals surface area contributed by atoms with Gasteiger partial charge in [0.05, 0.1) is 0 Å². The Morgan fingerprint density at radius 3 is 2.33 bits per heavy atom. The first-order valence-corrected chi connectivity index (χ1v) is 13.2. The van der Waals surface area contributed by atoms with Crippen molar-refractivity contribution in [2.75, 3.05) is 23.9 Å². The molecular formula is C27H32N4O4S. The molecule has 6 N–H and O–H groups in total. The predicted octanol–water partition coefficient (Wildman–Crippen LogP) is 2.80. The number of anilines is 1. The Bertz CT molecular complexity index is 1190. The number of carbonyl (C=O) groups is 3. The summed E-state index contributed by atoms with van der Waals surface area (Å²) < 4.78 is 0. The van der Waals surface area contributed by atoms with Gasteiger partial charge in [-0.2, -0.15) is 11.8 Å². The lowest BCUT2D eigenvalue weighted by molar-refractivity contribution is -0.131. The van der Waals surface area contributed by atoms with E-state index < -0.39 is 18.0 Å². The molecule has 0 fully saturated rings. The minimum atomic E-state index is -0.904. The van der Waals surface area contributed by atoms with E-state index in [1.165, 1.54) is 12.1 Å². The SMILES string of the molecule is CSCC[C@H](NC(=O)[C@H](Cc1ccc(O)cc1)NC(=O)CCN)C(=O)Nc1ccc2ccccc2c1. The molecule has 2 atom stereocenters. The van der Waals surface area contributed by atoms with Crippen LogP contribution in [0.4, 0.5) is 5.69 Å². The summed E-state index contributed by atoms with van der Waals surface area (Å²) in [7, 11) is 0. The largest absolute Gasteiger partial charge is 0.508 e. The molecule has 8 nitrogen and oxygen atoms in total. The maximum Gasteiger partial charge on any atom is 0.246 e. The van der Waals surface area contributed by atoms with Crippen molar-refractivity contribution in [3.63, 3.8) is 0 Å². The second kappa shape index (κ2) is 13.5. The Hall–Kier alpha value is -3.56. The van der Waals surface area contributed by atoms with Gasteiger partial charge in [-0.05, 0) is 59.0 Å².